The second-order valence-corrected chi connectivity index (χ2v) is 4.20. The second-order valence-electron chi connectivity index (χ2n) is 4.20. The Balaban J connectivity index is 2.68. The van der Waals surface area contributed by atoms with Gasteiger partial charge in [0.15, 0.2) is 0 Å². The first-order valence-electron chi connectivity index (χ1n) is 4.96. The lowest BCUT2D eigenvalue weighted by atomic mass is 9.87. The number of carbonyl (C=O) groups excluding carboxylic acids is 1. The molecule has 3 nitrogen and oxygen atoms in total. The minimum absolute atomic E-state index is 0.249. The molecule has 2 atom stereocenters. The summed E-state index contributed by atoms with van der Waals surface area (Å²) in [5.41, 5.74) is 5.31. The van der Waals surface area contributed by atoms with Gasteiger partial charge < -0.3 is 10.5 Å². The van der Waals surface area contributed by atoms with Crippen molar-refractivity contribution in [3.63, 3.8) is 0 Å². The Morgan fingerprint density at radius 2 is 2.23 bits per heavy atom. The summed E-state index contributed by atoms with van der Waals surface area (Å²) in [6.07, 6.45) is 4.92. The summed E-state index contributed by atoms with van der Waals surface area (Å²) in [7, 11) is 1.41. The van der Waals surface area contributed by atoms with E-state index in [4.69, 9.17) is 10.5 Å². The molecule has 1 rings (SSSR count). The predicted octanol–water partition coefficient (Wildman–Crippen LogP) is 1.46. The van der Waals surface area contributed by atoms with E-state index in [1.54, 1.807) is 0 Å². The topological polar surface area (TPSA) is 52.3 Å². The van der Waals surface area contributed by atoms with Crippen LogP contribution in [0.3, 0.4) is 0 Å². The molecule has 1 saturated carbocycles. The maximum absolute atomic E-state index is 11.4. The molecule has 0 aromatic heterocycles. The van der Waals surface area contributed by atoms with Crippen molar-refractivity contribution in [1.82, 2.24) is 0 Å². The van der Waals surface area contributed by atoms with Gasteiger partial charge in [0, 0.05) is 0 Å². The van der Waals surface area contributed by atoms with Crippen LogP contribution in [0, 0.1) is 5.92 Å². The maximum Gasteiger partial charge on any atom is 0.325 e. The number of carbonyl (C=O) groups is 1. The van der Waals surface area contributed by atoms with Crippen molar-refractivity contribution in [1.29, 1.82) is 0 Å². The van der Waals surface area contributed by atoms with E-state index < -0.39 is 5.54 Å². The lowest BCUT2D eigenvalue weighted by Crippen LogP contribution is -2.49. The average molecular weight is 185 g/mol. The van der Waals surface area contributed by atoms with Crippen LogP contribution in [0.5, 0.6) is 0 Å². The van der Waals surface area contributed by atoms with E-state index in [-0.39, 0.29) is 5.97 Å². The van der Waals surface area contributed by atoms with Crippen molar-refractivity contribution in [3.05, 3.63) is 0 Å². The summed E-state index contributed by atoms with van der Waals surface area (Å²) < 4.78 is 4.73. The third-order valence-electron chi connectivity index (χ3n) is 2.87. The molecule has 1 fully saturated rings. The summed E-state index contributed by atoms with van der Waals surface area (Å²) in [4.78, 5) is 11.4. The van der Waals surface area contributed by atoms with Crippen LogP contribution in [0.2, 0.25) is 0 Å². The first-order valence-corrected chi connectivity index (χ1v) is 4.96. The fraction of sp³-hybridized carbons (Fsp3) is 0.900. The van der Waals surface area contributed by atoms with Crippen LogP contribution < -0.4 is 5.73 Å². The summed E-state index contributed by atoms with van der Waals surface area (Å²) >= 11 is 0. The fourth-order valence-corrected chi connectivity index (χ4v) is 2.15. The van der Waals surface area contributed by atoms with Crippen LogP contribution in [0.4, 0.5) is 0 Å². The van der Waals surface area contributed by atoms with Crippen molar-refractivity contribution in [2.45, 2.75) is 44.6 Å². The highest BCUT2D eigenvalue weighted by Crippen LogP contribution is 2.29. The van der Waals surface area contributed by atoms with Gasteiger partial charge in [-0.25, -0.2) is 0 Å². The largest absolute Gasteiger partial charge is 0.468 e. The molecule has 1 aliphatic rings. The van der Waals surface area contributed by atoms with Gasteiger partial charge in [-0.1, -0.05) is 26.2 Å². The van der Waals surface area contributed by atoms with E-state index >= 15 is 0 Å². The molecule has 3 heteroatoms. The van der Waals surface area contributed by atoms with Gasteiger partial charge in [0.25, 0.3) is 0 Å². The van der Waals surface area contributed by atoms with Crippen molar-refractivity contribution in [2.24, 2.45) is 11.7 Å². The Morgan fingerprint density at radius 1 is 1.54 bits per heavy atom. The number of esters is 1. The maximum atomic E-state index is 11.4. The molecule has 1 aliphatic carbocycles. The van der Waals surface area contributed by atoms with E-state index in [2.05, 4.69) is 6.92 Å². The van der Waals surface area contributed by atoms with Gasteiger partial charge in [-0.15, -0.1) is 0 Å². The summed E-state index contributed by atoms with van der Waals surface area (Å²) in [6, 6.07) is 0. The highest BCUT2D eigenvalue weighted by Gasteiger charge is 2.37. The number of hydrogen-bond acceptors (Lipinski definition) is 3. The molecule has 0 amide bonds. The smallest absolute Gasteiger partial charge is 0.325 e. The number of ether oxygens (including phenoxy) is 1. The van der Waals surface area contributed by atoms with Gasteiger partial charge in [-0.05, 0) is 18.8 Å². The lowest BCUT2D eigenvalue weighted by Gasteiger charge is -2.26. The van der Waals surface area contributed by atoms with Gasteiger partial charge in [0.2, 0.25) is 0 Å². The molecule has 76 valence electrons. The van der Waals surface area contributed by atoms with Crippen LogP contribution in [-0.2, 0) is 9.53 Å². The Bertz CT molecular complexity index is 193. The molecule has 2 unspecified atom stereocenters. The van der Waals surface area contributed by atoms with E-state index in [1.807, 2.05) is 0 Å². The first-order chi connectivity index (χ1) is 6.08. The molecule has 0 aliphatic heterocycles. The third kappa shape index (κ3) is 2.44. The predicted molar refractivity (Wildman–Crippen MR) is 51.2 cm³/mol. The zero-order chi connectivity index (χ0) is 9.90. The summed E-state index contributed by atoms with van der Waals surface area (Å²) in [6.45, 7) is 2.15. The van der Waals surface area contributed by atoms with Crippen LogP contribution in [0.25, 0.3) is 0 Å². The molecule has 0 bridgehead atoms. The highest BCUT2D eigenvalue weighted by molar-refractivity contribution is 5.80. The van der Waals surface area contributed by atoms with Gasteiger partial charge in [-0.3, -0.25) is 4.79 Å². The van der Waals surface area contributed by atoms with Crippen LogP contribution >= 0.6 is 0 Å². The second kappa shape index (κ2) is 4.09. The van der Waals surface area contributed by atoms with E-state index in [0.717, 1.165) is 19.3 Å². The van der Waals surface area contributed by atoms with Gasteiger partial charge in [-0.2, -0.15) is 0 Å². The minimum atomic E-state index is -0.718. The molecular weight excluding hydrogens is 166 g/mol. The van der Waals surface area contributed by atoms with Crippen molar-refractivity contribution in [3.8, 4) is 0 Å². The zero-order valence-corrected chi connectivity index (χ0v) is 8.51. The van der Waals surface area contributed by atoms with Crippen LogP contribution in [0.15, 0.2) is 0 Å². The SMILES string of the molecule is COC(=O)C1(N)CCCCC(C)C1. The van der Waals surface area contributed by atoms with E-state index in [1.165, 1.54) is 20.0 Å². The molecule has 2 N–H and O–H groups in total. The zero-order valence-electron chi connectivity index (χ0n) is 8.51. The quantitative estimate of drug-likeness (QED) is 0.497. The van der Waals surface area contributed by atoms with E-state index in [9.17, 15) is 4.79 Å². The molecule has 0 aromatic carbocycles. The van der Waals surface area contributed by atoms with Gasteiger partial charge in [0.1, 0.15) is 5.54 Å². The molecular formula is C10H19NO2. The number of methoxy groups -OCH3 is 1. The molecule has 0 aromatic rings. The van der Waals surface area contributed by atoms with Crippen molar-refractivity contribution in [2.75, 3.05) is 7.11 Å². The Kier molecular flexibility index (Phi) is 3.31. The van der Waals surface area contributed by atoms with Gasteiger partial charge in [0.05, 0.1) is 7.11 Å². The van der Waals surface area contributed by atoms with Crippen molar-refractivity contribution < 1.29 is 9.53 Å². The Labute approximate surface area is 79.6 Å². The molecule has 0 saturated heterocycles. The third-order valence-corrected chi connectivity index (χ3v) is 2.87. The minimum Gasteiger partial charge on any atom is -0.468 e. The van der Waals surface area contributed by atoms with Gasteiger partial charge >= 0.3 is 5.97 Å². The first kappa shape index (κ1) is 10.5. The van der Waals surface area contributed by atoms with Crippen LogP contribution in [0.1, 0.15) is 39.0 Å². The lowest BCUT2D eigenvalue weighted by molar-refractivity contribution is -0.147. The molecule has 0 radical (unpaired) electrons. The Hall–Kier alpha value is -0.570. The normalized spacial score (nSPS) is 35.2. The highest BCUT2D eigenvalue weighted by atomic mass is 16.5. The fourth-order valence-electron chi connectivity index (χ4n) is 2.15. The molecule has 0 heterocycles. The standard InChI is InChI=1S/C10H19NO2/c1-8-5-3-4-6-10(11,7-8)9(12)13-2/h8H,3-7,11H2,1-2H3. The average Bonchev–Trinajstić information content (AvgIpc) is 2.26. The monoisotopic (exact) mass is 185 g/mol. The Morgan fingerprint density at radius 3 is 2.85 bits per heavy atom. The number of hydrogen-bond donors (Lipinski definition) is 1. The molecule has 13 heavy (non-hydrogen) atoms. The summed E-state index contributed by atoms with van der Waals surface area (Å²) in [5.74, 6) is 0.285. The van der Waals surface area contributed by atoms with Crippen molar-refractivity contribution >= 4 is 5.97 Å². The van der Waals surface area contributed by atoms with E-state index in [0.29, 0.717) is 5.92 Å². The number of rotatable bonds is 1. The number of nitrogens with two attached hydrogens (primary N) is 1. The summed E-state index contributed by atoms with van der Waals surface area (Å²) in [5, 5.41) is 0. The molecule has 0 spiro atoms. The van der Waals surface area contributed by atoms with Crippen LogP contribution in [-0.4, -0.2) is 18.6 Å².